The maximum absolute atomic E-state index is 12.9. The van der Waals surface area contributed by atoms with Crippen molar-refractivity contribution in [2.45, 2.75) is 44.3 Å². The van der Waals surface area contributed by atoms with Crippen LogP contribution in [0.25, 0.3) is 0 Å². The quantitative estimate of drug-likeness (QED) is 0.511. The van der Waals surface area contributed by atoms with Gasteiger partial charge in [0.25, 0.3) is 0 Å². The van der Waals surface area contributed by atoms with Crippen LogP contribution in [-0.4, -0.2) is 24.2 Å². The van der Waals surface area contributed by atoms with Gasteiger partial charge in [0.1, 0.15) is 6.42 Å². The van der Waals surface area contributed by atoms with Gasteiger partial charge in [0.2, 0.25) is 12.2 Å². The molecule has 16 heavy (non-hydrogen) atoms. The monoisotopic (exact) mass is 234 g/mol. The zero-order valence-electron chi connectivity index (χ0n) is 8.58. The second kappa shape index (κ2) is 3.99. The molecule has 1 aliphatic heterocycles. The molecule has 2 aliphatic rings. The maximum Gasteiger partial charge on any atom is 0.320 e. The fourth-order valence-electron chi connectivity index (χ4n) is 2.01. The number of halogens is 2. The normalized spacial score (nSPS) is 27.4. The summed E-state index contributed by atoms with van der Waals surface area (Å²) in [5.41, 5.74) is 0. The van der Waals surface area contributed by atoms with E-state index in [1.165, 1.54) is 0 Å². The lowest BCUT2D eigenvalue weighted by Gasteiger charge is -2.34. The van der Waals surface area contributed by atoms with Crippen LogP contribution in [0.5, 0.6) is 0 Å². The van der Waals surface area contributed by atoms with Gasteiger partial charge in [-0.25, -0.2) is 8.78 Å². The Morgan fingerprint density at radius 2 is 1.56 bits per heavy atom. The third-order valence-corrected chi connectivity index (χ3v) is 2.93. The van der Waals surface area contributed by atoms with Crippen LogP contribution in [0.2, 0.25) is 0 Å². The second-order valence-corrected chi connectivity index (χ2v) is 4.22. The van der Waals surface area contributed by atoms with Crippen molar-refractivity contribution in [2.75, 3.05) is 0 Å². The number of esters is 2. The van der Waals surface area contributed by atoms with Crippen LogP contribution in [0.15, 0.2) is 0 Å². The van der Waals surface area contributed by atoms with Crippen LogP contribution in [0.1, 0.15) is 32.1 Å². The Labute approximate surface area is 90.9 Å². The number of ether oxygens (including phenoxy) is 2. The summed E-state index contributed by atoms with van der Waals surface area (Å²) in [6.45, 7) is 0. The predicted octanol–water partition coefficient (Wildman–Crippen LogP) is 1.63. The molecule has 0 aromatic heterocycles. The summed E-state index contributed by atoms with van der Waals surface area (Å²) in [6, 6.07) is 0. The lowest BCUT2D eigenvalue weighted by Crippen LogP contribution is -2.40. The molecular formula is C10H12F2O4. The van der Waals surface area contributed by atoms with Crippen LogP contribution in [0.4, 0.5) is 8.78 Å². The fourth-order valence-corrected chi connectivity index (χ4v) is 2.01. The van der Waals surface area contributed by atoms with Gasteiger partial charge in [-0.05, 0) is 12.8 Å². The molecule has 0 atom stereocenters. The first-order valence-corrected chi connectivity index (χ1v) is 5.23. The summed E-state index contributed by atoms with van der Waals surface area (Å²) < 4.78 is 35.4. The van der Waals surface area contributed by atoms with Crippen molar-refractivity contribution in [2.24, 2.45) is 5.92 Å². The Hall–Kier alpha value is -1.20. The van der Waals surface area contributed by atoms with Crippen LogP contribution in [0, 0.1) is 5.92 Å². The second-order valence-electron chi connectivity index (χ2n) is 4.22. The van der Waals surface area contributed by atoms with E-state index in [1.807, 2.05) is 0 Å². The van der Waals surface area contributed by atoms with E-state index in [0.29, 0.717) is 0 Å². The van der Waals surface area contributed by atoms with E-state index < -0.39 is 24.2 Å². The summed E-state index contributed by atoms with van der Waals surface area (Å²) in [7, 11) is 0. The Bertz CT molecular complexity index is 290. The molecule has 0 unspecified atom stereocenters. The highest BCUT2D eigenvalue weighted by Gasteiger charge is 2.41. The van der Waals surface area contributed by atoms with Crippen LogP contribution in [0.3, 0.4) is 0 Å². The molecule has 6 heteroatoms. The maximum atomic E-state index is 12.9. The van der Waals surface area contributed by atoms with Crippen molar-refractivity contribution < 1.29 is 27.8 Å². The van der Waals surface area contributed by atoms with Gasteiger partial charge in [-0.1, -0.05) is 0 Å². The molecule has 0 aromatic carbocycles. The van der Waals surface area contributed by atoms with Crippen molar-refractivity contribution in [3.8, 4) is 0 Å². The molecule has 0 bridgehead atoms. The molecule has 0 aromatic rings. The van der Waals surface area contributed by atoms with Gasteiger partial charge in [-0.3, -0.25) is 9.59 Å². The molecule has 2 rings (SSSR count). The minimum Gasteiger partial charge on any atom is -0.424 e. The molecule has 0 radical (unpaired) electrons. The number of hydrogen-bond acceptors (Lipinski definition) is 4. The van der Waals surface area contributed by atoms with E-state index >= 15 is 0 Å². The summed E-state index contributed by atoms with van der Waals surface area (Å²) in [6.07, 6.45) is -1.44. The van der Waals surface area contributed by atoms with E-state index in [4.69, 9.17) is 9.47 Å². The SMILES string of the molecule is O=C1CC(=O)OC(C2CCC(F)(F)CC2)O1. The minimum absolute atomic E-state index is 0.207. The van der Waals surface area contributed by atoms with E-state index in [9.17, 15) is 18.4 Å². The minimum atomic E-state index is -2.64. The zero-order chi connectivity index (χ0) is 11.8. The number of hydrogen-bond donors (Lipinski definition) is 0. The molecule has 0 N–H and O–H groups in total. The number of alkyl halides is 2. The highest BCUT2D eigenvalue weighted by molar-refractivity contribution is 5.92. The van der Waals surface area contributed by atoms with Crippen molar-refractivity contribution in [1.29, 1.82) is 0 Å². The van der Waals surface area contributed by atoms with Crippen molar-refractivity contribution in [3.05, 3.63) is 0 Å². The van der Waals surface area contributed by atoms with Crippen LogP contribution >= 0.6 is 0 Å². The predicted molar refractivity (Wildman–Crippen MR) is 47.5 cm³/mol. The summed E-state index contributed by atoms with van der Waals surface area (Å²) in [4.78, 5) is 22.0. The molecule has 1 saturated heterocycles. The van der Waals surface area contributed by atoms with Gasteiger partial charge in [0, 0.05) is 18.8 Å². The molecule has 1 heterocycles. The van der Waals surface area contributed by atoms with Crippen molar-refractivity contribution >= 4 is 11.9 Å². The Kier molecular flexibility index (Phi) is 2.82. The lowest BCUT2D eigenvalue weighted by molar-refractivity contribution is -0.218. The van der Waals surface area contributed by atoms with Gasteiger partial charge < -0.3 is 9.47 Å². The first-order valence-electron chi connectivity index (χ1n) is 5.23. The van der Waals surface area contributed by atoms with E-state index in [2.05, 4.69) is 0 Å². The largest absolute Gasteiger partial charge is 0.424 e. The topological polar surface area (TPSA) is 52.6 Å². The highest BCUT2D eigenvalue weighted by atomic mass is 19.3. The zero-order valence-corrected chi connectivity index (χ0v) is 8.58. The molecule has 0 spiro atoms. The summed E-state index contributed by atoms with van der Waals surface area (Å²) >= 11 is 0. The molecule has 4 nitrogen and oxygen atoms in total. The van der Waals surface area contributed by atoms with Crippen LogP contribution in [-0.2, 0) is 19.1 Å². The smallest absolute Gasteiger partial charge is 0.320 e. The van der Waals surface area contributed by atoms with Crippen molar-refractivity contribution in [1.82, 2.24) is 0 Å². The summed E-state index contributed by atoms with van der Waals surface area (Å²) in [5.74, 6) is -4.22. The molecule has 0 amide bonds. The number of cyclic esters (lactones) is 2. The van der Waals surface area contributed by atoms with Gasteiger partial charge >= 0.3 is 11.9 Å². The van der Waals surface area contributed by atoms with E-state index in [-0.39, 0.29) is 38.0 Å². The van der Waals surface area contributed by atoms with Gasteiger partial charge in [0.15, 0.2) is 0 Å². The van der Waals surface area contributed by atoms with Gasteiger partial charge in [-0.15, -0.1) is 0 Å². The molecule has 2 fully saturated rings. The summed E-state index contributed by atoms with van der Waals surface area (Å²) in [5, 5.41) is 0. The molecule has 1 aliphatic carbocycles. The lowest BCUT2D eigenvalue weighted by atomic mass is 9.86. The average molecular weight is 234 g/mol. The Balaban J connectivity index is 1.93. The third kappa shape index (κ3) is 2.48. The van der Waals surface area contributed by atoms with Gasteiger partial charge in [0.05, 0.1) is 0 Å². The van der Waals surface area contributed by atoms with Crippen LogP contribution < -0.4 is 0 Å². The third-order valence-electron chi connectivity index (χ3n) is 2.93. The number of rotatable bonds is 1. The van der Waals surface area contributed by atoms with E-state index in [1.54, 1.807) is 0 Å². The first-order chi connectivity index (χ1) is 7.46. The Morgan fingerprint density at radius 1 is 1.06 bits per heavy atom. The molecule has 1 saturated carbocycles. The van der Waals surface area contributed by atoms with Gasteiger partial charge in [-0.2, -0.15) is 0 Å². The van der Waals surface area contributed by atoms with E-state index in [0.717, 1.165) is 0 Å². The highest BCUT2D eigenvalue weighted by Crippen LogP contribution is 2.38. The number of carbonyl (C=O) groups is 2. The number of carbonyl (C=O) groups excluding carboxylic acids is 2. The average Bonchev–Trinajstić information content (AvgIpc) is 2.15. The first kappa shape index (κ1) is 11.3. The Morgan fingerprint density at radius 3 is 2.06 bits per heavy atom. The fraction of sp³-hybridized carbons (Fsp3) is 0.800. The molecular weight excluding hydrogens is 222 g/mol. The molecule has 90 valence electrons. The van der Waals surface area contributed by atoms with Crippen molar-refractivity contribution in [3.63, 3.8) is 0 Å². The standard InChI is InChI=1S/C10H12F2O4/c11-10(12)3-1-6(2-4-10)9-15-7(13)5-8(14)16-9/h6,9H,1-5H2.